The van der Waals surface area contributed by atoms with Crippen LogP contribution in [0.1, 0.15) is 39.5 Å². The molecule has 1 aliphatic rings. The van der Waals surface area contributed by atoms with E-state index in [0.717, 1.165) is 31.3 Å². The Balaban J connectivity index is 2.27. The number of hydrogen-bond donors (Lipinski definition) is 1. The van der Waals surface area contributed by atoms with Gasteiger partial charge >= 0.3 is 5.97 Å². The number of aliphatic hydroxyl groups excluding tert-OH is 1. The van der Waals surface area contributed by atoms with Gasteiger partial charge in [0.05, 0.1) is 6.61 Å². The van der Waals surface area contributed by atoms with Gasteiger partial charge in [-0.1, -0.05) is 12.0 Å². The highest BCUT2D eigenvalue weighted by Gasteiger charge is 2.22. The zero-order valence-electron chi connectivity index (χ0n) is 10.2. The van der Waals surface area contributed by atoms with Crippen LogP contribution in [-0.4, -0.2) is 24.3 Å². The number of carbonyl (C=O) groups excluding carboxylic acids is 1. The number of ether oxygens (including phenoxy) is 1. The first kappa shape index (κ1) is 13.2. The molecule has 1 N–H and O–H groups in total. The average Bonchev–Trinajstić information content (AvgIpc) is 2.26. The minimum atomic E-state index is -0.244. The fraction of sp³-hybridized carbons (Fsp3) is 0.769. The maximum atomic E-state index is 11.3. The molecule has 0 aromatic heterocycles. The first-order valence-corrected chi connectivity index (χ1v) is 6.04. The lowest BCUT2D eigenvalue weighted by atomic mass is 9.82. The van der Waals surface area contributed by atoms with Gasteiger partial charge in [-0.3, -0.25) is 0 Å². The van der Waals surface area contributed by atoms with Crippen molar-refractivity contribution in [2.75, 3.05) is 13.2 Å². The van der Waals surface area contributed by atoms with Crippen LogP contribution in [0.4, 0.5) is 0 Å². The standard InChI is InChI=1S/C13H22O3/c1-10(2)6-13(15)16-9-12-5-3-4-11(7-12)8-14/h6,11-12,14H,3-5,7-9H2,1-2H3. The van der Waals surface area contributed by atoms with E-state index in [2.05, 4.69) is 0 Å². The van der Waals surface area contributed by atoms with Gasteiger partial charge in [0.15, 0.2) is 0 Å². The SMILES string of the molecule is CC(C)=CC(=O)OCC1CCCC(CO)C1. The quantitative estimate of drug-likeness (QED) is 0.591. The number of aliphatic hydroxyl groups is 1. The third-order valence-corrected chi connectivity index (χ3v) is 3.02. The highest BCUT2D eigenvalue weighted by atomic mass is 16.5. The fourth-order valence-corrected chi connectivity index (χ4v) is 2.20. The van der Waals surface area contributed by atoms with E-state index in [-0.39, 0.29) is 12.6 Å². The molecule has 1 fully saturated rings. The van der Waals surface area contributed by atoms with Crippen molar-refractivity contribution in [2.45, 2.75) is 39.5 Å². The van der Waals surface area contributed by atoms with Gasteiger partial charge in [0.2, 0.25) is 0 Å². The normalized spacial score (nSPS) is 24.9. The maximum absolute atomic E-state index is 11.3. The molecule has 2 atom stereocenters. The van der Waals surface area contributed by atoms with Gasteiger partial charge in [0.1, 0.15) is 0 Å². The molecule has 1 aliphatic carbocycles. The molecule has 0 bridgehead atoms. The Morgan fingerprint density at radius 2 is 2.06 bits per heavy atom. The number of hydrogen-bond acceptors (Lipinski definition) is 3. The molecule has 16 heavy (non-hydrogen) atoms. The number of allylic oxidation sites excluding steroid dienone is 1. The van der Waals surface area contributed by atoms with E-state index >= 15 is 0 Å². The van der Waals surface area contributed by atoms with Crippen LogP contribution in [-0.2, 0) is 9.53 Å². The van der Waals surface area contributed by atoms with E-state index in [1.54, 1.807) is 0 Å². The van der Waals surface area contributed by atoms with Gasteiger partial charge in [0.25, 0.3) is 0 Å². The second-order valence-corrected chi connectivity index (χ2v) is 4.93. The van der Waals surface area contributed by atoms with Crippen LogP contribution in [0.2, 0.25) is 0 Å². The molecular formula is C13H22O3. The van der Waals surface area contributed by atoms with Gasteiger partial charge in [0, 0.05) is 12.7 Å². The van der Waals surface area contributed by atoms with E-state index in [1.165, 1.54) is 6.08 Å². The van der Waals surface area contributed by atoms with Crippen molar-refractivity contribution in [1.29, 1.82) is 0 Å². The van der Waals surface area contributed by atoms with Gasteiger partial charge in [-0.25, -0.2) is 4.79 Å². The van der Waals surface area contributed by atoms with E-state index in [0.29, 0.717) is 18.4 Å². The topological polar surface area (TPSA) is 46.5 Å². The Morgan fingerprint density at radius 1 is 1.38 bits per heavy atom. The van der Waals surface area contributed by atoms with Crippen LogP contribution in [0.5, 0.6) is 0 Å². The Labute approximate surface area is 97.5 Å². The summed E-state index contributed by atoms with van der Waals surface area (Å²) in [6.07, 6.45) is 5.86. The van der Waals surface area contributed by atoms with Crippen LogP contribution < -0.4 is 0 Å². The molecule has 0 radical (unpaired) electrons. The predicted octanol–water partition coefficient (Wildman–Crippen LogP) is 2.29. The van der Waals surface area contributed by atoms with Crippen molar-refractivity contribution in [3.63, 3.8) is 0 Å². The molecule has 0 aromatic rings. The molecule has 3 heteroatoms. The Bertz CT molecular complexity index is 254. The van der Waals surface area contributed by atoms with E-state index in [1.807, 2.05) is 13.8 Å². The van der Waals surface area contributed by atoms with E-state index < -0.39 is 0 Å². The second-order valence-electron chi connectivity index (χ2n) is 4.93. The van der Waals surface area contributed by atoms with Gasteiger partial charge < -0.3 is 9.84 Å². The lowest BCUT2D eigenvalue weighted by molar-refractivity contribution is -0.139. The fourth-order valence-electron chi connectivity index (χ4n) is 2.20. The van der Waals surface area contributed by atoms with Crippen molar-refractivity contribution >= 4 is 5.97 Å². The summed E-state index contributed by atoms with van der Waals surface area (Å²) >= 11 is 0. The predicted molar refractivity (Wildman–Crippen MR) is 62.9 cm³/mol. The van der Waals surface area contributed by atoms with Gasteiger partial charge in [-0.15, -0.1) is 0 Å². The summed E-state index contributed by atoms with van der Waals surface area (Å²) in [7, 11) is 0. The van der Waals surface area contributed by atoms with E-state index in [4.69, 9.17) is 9.84 Å². The van der Waals surface area contributed by atoms with Crippen LogP contribution in [0, 0.1) is 11.8 Å². The third-order valence-electron chi connectivity index (χ3n) is 3.02. The molecule has 0 heterocycles. The number of carbonyl (C=O) groups is 1. The Kier molecular flexibility index (Phi) is 5.53. The summed E-state index contributed by atoms with van der Waals surface area (Å²) in [5.41, 5.74) is 0.960. The van der Waals surface area contributed by atoms with Crippen LogP contribution >= 0.6 is 0 Å². The Hall–Kier alpha value is -0.830. The van der Waals surface area contributed by atoms with Crippen LogP contribution in [0.25, 0.3) is 0 Å². The zero-order valence-corrected chi connectivity index (χ0v) is 10.2. The summed E-state index contributed by atoms with van der Waals surface area (Å²) in [5.74, 6) is 0.590. The highest BCUT2D eigenvalue weighted by molar-refractivity contribution is 5.82. The summed E-state index contributed by atoms with van der Waals surface area (Å²) in [5, 5.41) is 9.09. The van der Waals surface area contributed by atoms with Crippen molar-refractivity contribution in [3.8, 4) is 0 Å². The summed E-state index contributed by atoms with van der Waals surface area (Å²) in [4.78, 5) is 11.3. The average molecular weight is 226 g/mol. The zero-order chi connectivity index (χ0) is 12.0. The first-order valence-electron chi connectivity index (χ1n) is 6.04. The minimum absolute atomic E-state index is 0.244. The molecule has 0 aromatic carbocycles. The molecule has 0 saturated heterocycles. The highest BCUT2D eigenvalue weighted by Crippen LogP contribution is 2.28. The Morgan fingerprint density at radius 3 is 2.69 bits per heavy atom. The lowest BCUT2D eigenvalue weighted by Gasteiger charge is -2.27. The first-order chi connectivity index (χ1) is 7.61. The molecular weight excluding hydrogens is 204 g/mol. The summed E-state index contributed by atoms with van der Waals surface area (Å²) < 4.78 is 5.19. The molecule has 0 amide bonds. The molecule has 0 spiro atoms. The summed E-state index contributed by atoms with van der Waals surface area (Å²) in [6, 6.07) is 0. The number of rotatable bonds is 4. The van der Waals surface area contributed by atoms with Crippen molar-refractivity contribution in [2.24, 2.45) is 11.8 Å². The second kappa shape index (κ2) is 6.69. The van der Waals surface area contributed by atoms with Crippen molar-refractivity contribution < 1.29 is 14.6 Å². The molecule has 0 aliphatic heterocycles. The maximum Gasteiger partial charge on any atom is 0.330 e. The molecule has 92 valence electrons. The van der Waals surface area contributed by atoms with Gasteiger partial charge in [-0.2, -0.15) is 0 Å². The number of esters is 1. The van der Waals surface area contributed by atoms with Gasteiger partial charge in [-0.05, 0) is 44.9 Å². The molecule has 1 saturated carbocycles. The third kappa shape index (κ3) is 4.79. The minimum Gasteiger partial charge on any atom is -0.462 e. The van der Waals surface area contributed by atoms with Crippen LogP contribution in [0.3, 0.4) is 0 Å². The largest absolute Gasteiger partial charge is 0.462 e. The molecule has 2 unspecified atom stereocenters. The molecule has 3 nitrogen and oxygen atoms in total. The smallest absolute Gasteiger partial charge is 0.330 e. The van der Waals surface area contributed by atoms with Crippen LogP contribution in [0.15, 0.2) is 11.6 Å². The molecule has 1 rings (SSSR count). The van der Waals surface area contributed by atoms with Crippen molar-refractivity contribution in [1.82, 2.24) is 0 Å². The monoisotopic (exact) mass is 226 g/mol. The van der Waals surface area contributed by atoms with Crippen molar-refractivity contribution in [3.05, 3.63) is 11.6 Å². The summed E-state index contributed by atoms with van der Waals surface area (Å²) in [6.45, 7) is 4.52. The lowest BCUT2D eigenvalue weighted by Crippen LogP contribution is -2.22. The van der Waals surface area contributed by atoms with E-state index in [9.17, 15) is 4.79 Å².